The van der Waals surface area contributed by atoms with Gasteiger partial charge in [0.25, 0.3) is 0 Å². The Labute approximate surface area is 162 Å². The number of hydrogen-bond donors (Lipinski definition) is 2. The highest BCUT2D eigenvalue weighted by molar-refractivity contribution is 9.09. The van der Waals surface area contributed by atoms with E-state index in [0.29, 0.717) is 5.92 Å². The Morgan fingerprint density at radius 1 is 1.24 bits per heavy atom. The van der Waals surface area contributed by atoms with E-state index >= 15 is 0 Å². The van der Waals surface area contributed by atoms with Gasteiger partial charge in [-0.2, -0.15) is 0 Å². The van der Waals surface area contributed by atoms with Crippen LogP contribution in [0.4, 0.5) is 0 Å². The standard InChI is InChI=1S/C22H35BrO2/c1-13(2)18-8-7-14(3)16(5)21(18)19(24)11-15(4)17-9-10-22(6,25)20(23)12-17/h11,17,19-21,24-25H,7-10,12H2,1-6H3. The number of allylic oxidation sites excluding steroid dienone is 3. The molecule has 2 N–H and O–H groups in total. The van der Waals surface area contributed by atoms with Crippen molar-refractivity contribution in [2.75, 3.05) is 0 Å². The van der Waals surface area contributed by atoms with E-state index < -0.39 is 11.7 Å². The third-order valence-corrected chi connectivity index (χ3v) is 7.87. The summed E-state index contributed by atoms with van der Waals surface area (Å²) < 4.78 is 0. The third kappa shape index (κ3) is 4.67. The summed E-state index contributed by atoms with van der Waals surface area (Å²) in [5, 5.41) is 21.4. The minimum absolute atomic E-state index is 0.117. The van der Waals surface area contributed by atoms with Crippen LogP contribution in [0, 0.1) is 11.8 Å². The van der Waals surface area contributed by atoms with E-state index in [4.69, 9.17) is 0 Å². The Balaban J connectivity index is 2.21. The van der Waals surface area contributed by atoms with Gasteiger partial charge in [0.15, 0.2) is 0 Å². The lowest BCUT2D eigenvalue weighted by atomic mass is 9.73. The molecule has 1 fully saturated rings. The van der Waals surface area contributed by atoms with Crippen LogP contribution < -0.4 is 0 Å². The van der Waals surface area contributed by atoms with E-state index in [1.54, 1.807) is 0 Å². The summed E-state index contributed by atoms with van der Waals surface area (Å²) in [5.74, 6) is 0.559. The smallest absolute Gasteiger partial charge is 0.0826 e. The van der Waals surface area contributed by atoms with Crippen LogP contribution >= 0.6 is 15.9 Å². The highest BCUT2D eigenvalue weighted by atomic mass is 79.9. The second-order valence-corrected chi connectivity index (χ2v) is 9.77. The summed E-state index contributed by atoms with van der Waals surface area (Å²) in [5.41, 5.74) is 6.15. The summed E-state index contributed by atoms with van der Waals surface area (Å²) in [6, 6.07) is 0. The van der Waals surface area contributed by atoms with Gasteiger partial charge in [0, 0.05) is 10.7 Å². The molecule has 5 atom stereocenters. The number of aliphatic hydroxyl groups is 2. The Hall–Kier alpha value is -0.380. The molecular formula is C22H35BrO2. The zero-order valence-electron chi connectivity index (χ0n) is 16.7. The predicted octanol–water partition coefficient (Wildman–Crippen LogP) is 5.69. The number of aliphatic hydroxyl groups excluding tert-OH is 1. The molecule has 2 rings (SSSR count). The van der Waals surface area contributed by atoms with Gasteiger partial charge in [0.2, 0.25) is 0 Å². The van der Waals surface area contributed by atoms with E-state index in [-0.39, 0.29) is 10.7 Å². The summed E-state index contributed by atoms with van der Waals surface area (Å²) in [4.78, 5) is 0.117. The lowest BCUT2D eigenvalue weighted by Gasteiger charge is -2.38. The molecule has 0 spiro atoms. The molecule has 5 unspecified atom stereocenters. The summed E-state index contributed by atoms with van der Waals surface area (Å²) >= 11 is 3.65. The van der Waals surface area contributed by atoms with Crippen molar-refractivity contribution in [3.63, 3.8) is 0 Å². The van der Waals surface area contributed by atoms with Gasteiger partial charge in [-0.1, -0.05) is 49.9 Å². The van der Waals surface area contributed by atoms with Gasteiger partial charge >= 0.3 is 0 Å². The minimum atomic E-state index is -0.621. The van der Waals surface area contributed by atoms with Crippen LogP contribution in [0.5, 0.6) is 0 Å². The van der Waals surface area contributed by atoms with E-state index in [0.717, 1.165) is 32.1 Å². The zero-order chi connectivity index (χ0) is 18.9. The Bertz CT molecular complexity index is 593. The van der Waals surface area contributed by atoms with Crippen LogP contribution in [0.15, 0.2) is 33.9 Å². The SMILES string of the molecule is CC(=CC(O)C1C(C)=C(C)CCC1=C(C)C)C1CCC(C)(O)C(Br)C1. The summed E-state index contributed by atoms with van der Waals surface area (Å²) in [6.07, 6.45) is 6.51. The Morgan fingerprint density at radius 2 is 1.88 bits per heavy atom. The highest BCUT2D eigenvalue weighted by Crippen LogP contribution is 2.41. The minimum Gasteiger partial charge on any atom is -0.389 e. The van der Waals surface area contributed by atoms with Crippen molar-refractivity contribution >= 4 is 15.9 Å². The van der Waals surface area contributed by atoms with Crippen LogP contribution in [-0.2, 0) is 0 Å². The number of halogens is 1. The molecular weight excluding hydrogens is 376 g/mol. The molecule has 2 aliphatic rings. The van der Waals surface area contributed by atoms with Crippen LogP contribution in [0.2, 0.25) is 0 Å². The topological polar surface area (TPSA) is 40.5 Å². The average molecular weight is 411 g/mol. The van der Waals surface area contributed by atoms with Crippen LogP contribution in [0.1, 0.15) is 73.6 Å². The summed E-state index contributed by atoms with van der Waals surface area (Å²) in [6.45, 7) is 12.8. The second-order valence-electron chi connectivity index (χ2n) is 8.66. The van der Waals surface area contributed by atoms with Gasteiger partial charge in [-0.25, -0.2) is 0 Å². The fourth-order valence-corrected chi connectivity index (χ4v) is 5.06. The van der Waals surface area contributed by atoms with Crippen molar-refractivity contribution in [2.45, 2.75) is 90.2 Å². The first-order valence-corrected chi connectivity index (χ1v) is 10.5. The Morgan fingerprint density at radius 3 is 2.44 bits per heavy atom. The molecule has 3 heteroatoms. The Kier molecular flexibility index (Phi) is 6.78. The van der Waals surface area contributed by atoms with Gasteiger partial charge < -0.3 is 10.2 Å². The largest absolute Gasteiger partial charge is 0.389 e. The van der Waals surface area contributed by atoms with Crippen molar-refractivity contribution in [1.82, 2.24) is 0 Å². The maximum Gasteiger partial charge on any atom is 0.0826 e. The molecule has 142 valence electrons. The molecule has 2 aliphatic carbocycles. The lowest BCUT2D eigenvalue weighted by molar-refractivity contribution is 0.0213. The van der Waals surface area contributed by atoms with Gasteiger partial charge in [0.1, 0.15) is 0 Å². The van der Waals surface area contributed by atoms with Crippen molar-refractivity contribution in [1.29, 1.82) is 0 Å². The number of rotatable bonds is 3. The molecule has 1 saturated carbocycles. The van der Waals surface area contributed by atoms with Crippen molar-refractivity contribution in [2.24, 2.45) is 11.8 Å². The fourth-order valence-electron chi connectivity index (χ4n) is 4.38. The van der Waals surface area contributed by atoms with Gasteiger partial charge in [0.05, 0.1) is 11.7 Å². The molecule has 2 nitrogen and oxygen atoms in total. The molecule has 0 saturated heterocycles. The first-order chi connectivity index (χ1) is 11.5. The van der Waals surface area contributed by atoms with Crippen LogP contribution in [0.3, 0.4) is 0 Å². The molecule has 0 aromatic heterocycles. The molecule has 0 radical (unpaired) electrons. The maximum absolute atomic E-state index is 11.0. The second kappa shape index (κ2) is 8.10. The van der Waals surface area contributed by atoms with Gasteiger partial charge in [-0.15, -0.1) is 0 Å². The monoisotopic (exact) mass is 410 g/mol. The number of hydrogen-bond acceptors (Lipinski definition) is 2. The van der Waals surface area contributed by atoms with E-state index in [2.05, 4.69) is 56.6 Å². The van der Waals surface area contributed by atoms with Gasteiger partial charge in [-0.3, -0.25) is 0 Å². The molecule has 0 bridgehead atoms. The average Bonchev–Trinajstić information content (AvgIpc) is 2.51. The molecule has 0 amide bonds. The molecule has 0 aromatic carbocycles. The van der Waals surface area contributed by atoms with E-state index in [1.807, 2.05) is 6.92 Å². The quantitative estimate of drug-likeness (QED) is 0.463. The first-order valence-electron chi connectivity index (χ1n) is 9.60. The summed E-state index contributed by atoms with van der Waals surface area (Å²) in [7, 11) is 0. The van der Waals surface area contributed by atoms with Gasteiger partial charge in [-0.05, 0) is 79.6 Å². The van der Waals surface area contributed by atoms with Crippen molar-refractivity contribution in [3.8, 4) is 0 Å². The lowest BCUT2D eigenvalue weighted by Crippen LogP contribution is -2.41. The molecule has 0 heterocycles. The molecule has 25 heavy (non-hydrogen) atoms. The fraction of sp³-hybridized carbons (Fsp3) is 0.727. The number of alkyl halides is 1. The predicted molar refractivity (Wildman–Crippen MR) is 110 cm³/mol. The van der Waals surface area contributed by atoms with E-state index in [9.17, 15) is 10.2 Å². The normalized spacial score (nSPS) is 35.8. The van der Waals surface area contributed by atoms with Crippen LogP contribution in [-0.4, -0.2) is 26.7 Å². The zero-order valence-corrected chi connectivity index (χ0v) is 18.3. The van der Waals surface area contributed by atoms with Crippen molar-refractivity contribution < 1.29 is 10.2 Å². The van der Waals surface area contributed by atoms with E-state index in [1.165, 1.54) is 27.9 Å². The third-order valence-electron chi connectivity index (χ3n) is 6.51. The highest BCUT2D eigenvalue weighted by Gasteiger charge is 2.37. The van der Waals surface area contributed by atoms with Crippen molar-refractivity contribution in [3.05, 3.63) is 33.9 Å². The first kappa shape index (κ1) is 20.9. The molecule has 0 aliphatic heterocycles. The molecule has 0 aromatic rings. The van der Waals surface area contributed by atoms with Crippen LogP contribution in [0.25, 0.3) is 0 Å². The maximum atomic E-state index is 11.0.